The van der Waals surface area contributed by atoms with Crippen molar-refractivity contribution in [2.24, 2.45) is 0 Å². The van der Waals surface area contributed by atoms with Gasteiger partial charge in [0.1, 0.15) is 17.9 Å². The highest BCUT2D eigenvalue weighted by atomic mass is 35.5. The molecule has 8 heteroatoms. The number of carboxylic acid groups (broad SMARTS) is 1. The quantitative estimate of drug-likeness (QED) is 0.674. The van der Waals surface area contributed by atoms with Gasteiger partial charge in [-0.15, -0.1) is 0 Å². The number of aromatic nitrogens is 2. The lowest BCUT2D eigenvalue weighted by atomic mass is 10.0. The summed E-state index contributed by atoms with van der Waals surface area (Å²) in [6.07, 6.45) is 1.86. The number of fused-ring (bicyclic) bond motifs is 3. The van der Waals surface area contributed by atoms with Crippen LogP contribution in [-0.2, 0) is 9.53 Å². The molecule has 1 N–H and O–H groups in total. The van der Waals surface area contributed by atoms with Gasteiger partial charge in [0.25, 0.3) is 0 Å². The van der Waals surface area contributed by atoms with Crippen LogP contribution in [-0.4, -0.2) is 34.8 Å². The molecule has 0 radical (unpaired) electrons. The zero-order valence-corrected chi connectivity index (χ0v) is 16.6. The Morgan fingerprint density at radius 3 is 2.83 bits per heavy atom. The summed E-state index contributed by atoms with van der Waals surface area (Å²) in [4.78, 5) is 16.0. The van der Waals surface area contributed by atoms with Gasteiger partial charge >= 0.3 is 5.97 Å². The van der Waals surface area contributed by atoms with E-state index in [1.807, 2.05) is 29.0 Å². The Kier molecular flexibility index (Phi) is 5.17. The summed E-state index contributed by atoms with van der Waals surface area (Å²) < 4.78 is 19.2. The number of methoxy groups -OCH3 is 2. The van der Waals surface area contributed by atoms with Gasteiger partial charge in [-0.25, -0.2) is 0 Å². The fraction of sp³-hybridized carbons (Fsp3) is 0.238. The van der Waals surface area contributed by atoms with Gasteiger partial charge in [0.05, 0.1) is 32.0 Å². The third-order valence-electron chi connectivity index (χ3n) is 4.87. The highest BCUT2D eigenvalue weighted by Gasteiger charge is 2.34. The fourth-order valence-corrected chi connectivity index (χ4v) is 3.84. The minimum atomic E-state index is -0.962. The van der Waals surface area contributed by atoms with E-state index in [0.717, 1.165) is 16.9 Å². The molecule has 0 aliphatic carbocycles. The van der Waals surface area contributed by atoms with Crippen LogP contribution < -0.4 is 9.47 Å². The molecule has 2 atom stereocenters. The third kappa shape index (κ3) is 3.43. The van der Waals surface area contributed by atoms with E-state index in [-0.39, 0.29) is 6.42 Å². The molecule has 3 heterocycles. The van der Waals surface area contributed by atoms with Crippen LogP contribution in [0.3, 0.4) is 0 Å². The van der Waals surface area contributed by atoms with E-state index >= 15 is 0 Å². The van der Waals surface area contributed by atoms with Gasteiger partial charge in [-0.1, -0.05) is 11.6 Å². The minimum Gasteiger partial charge on any atom is -0.493 e. The van der Waals surface area contributed by atoms with Crippen LogP contribution in [0.25, 0.3) is 5.69 Å². The van der Waals surface area contributed by atoms with Crippen molar-refractivity contribution in [2.45, 2.75) is 18.6 Å². The predicted molar refractivity (Wildman–Crippen MR) is 106 cm³/mol. The second-order valence-electron chi connectivity index (χ2n) is 6.54. The normalized spacial score (nSPS) is 17.8. The predicted octanol–water partition coefficient (Wildman–Crippen LogP) is 4.18. The average molecular weight is 415 g/mol. The molecule has 4 rings (SSSR count). The topological polar surface area (TPSA) is 82.8 Å². The zero-order valence-electron chi connectivity index (χ0n) is 15.8. The highest BCUT2D eigenvalue weighted by Crippen LogP contribution is 2.45. The number of carboxylic acids is 1. The summed E-state index contributed by atoms with van der Waals surface area (Å²) in [5, 5.41) is 9.98. The Morgan fingerprint density at radius 1 is 1.28 bits per heavy atom. The van der Waals surface area contributed by atoms with Gasteiger partial charge in [0.2, 0.25) is 0 Å². The van der Waals surface area contributed by atoms with Crippen LogP contribution in [0.1, 0.15) is 35.6 Å². The number of aliphatic carboxylic acids is 1. The van der Waals surface area contributed by atoms with Crippen LogP contribution in [0.2, 0.25) is 5.02 Å². The van der Waals surface area contributed by atoms with E-state index in [0.29, 0.717) is 22.2 Å². The summed E-state index contributed by atoms with van der Waals surface area (Å²) in [7, 11) is 3.07. The molecule has 1 aliphatic heterocycles. The number of hydrogen-bond donors (Lipinski definition) is 1. The van der Waals surface area contributed by atoms with E-state index in [1.165, 1.54) is 7.11 Å². The molecular weight excluding hydrogens is 396 g/mol. The Hall–Kier alpha value is -3.03. The van der Waals surface area contributed by atoms with Crippen molar-refractivity contribution in [1.29, 1.82) is 0 Å². The van der Waals surface area contributed by atoms with Crippen molar-refractivity contribution >= 4 is 17.6 Å². The summed E-state index contributed by atoms with van der Waals surface area (Å²) in [5.41, 5.74) is 2.80. The number of ether oxygens (including phenoxy) is 3. The molecule has 0 spiro atoms. The van der Waals surface area contributed by atoms with Crippen molar-refractivity contribution < 1.29 is 24.1 Å². The van der Waals surface area contributed by atoms with Crippen molar-refractivity contribution in [1.82, 2.24) is 9.55 Å². The van der Waals surface area contributed by atoms with Crippen molar-refractivity contribution in [2.75, 3.05) is 14.2 Å². The van der Waals surface area contributed by atoms with E-state index in [1.54, 1.807) is 31.5 Å². The molecule has 2 aromatic heterocycles. The average Bonchev–Trinajstić information content (AvgIpc) is 3.15. The molecule has 0 unspecified atom stereocenters. The molecule has 7 nitrogen and oxygen atoms in total. The third-order valence-corrected chi connectivity index (χ3v) is 5.11. The summed E-state index contributed by atoms with van der Waals surface area (Å²) in [6, 6.07) is 10.9. The molecule has 150 valence electrons. The first-order valence-corrected chi connectivity index (χ1v) is 9.32. The van der Waals surface area contributed by atoms with Gasteiger partial charge in [-0.2, -0.15) is 0 Å². The van der Waals surface area contributed by atoms with E-state index in [2.05, 4.69) is 4.98 Å². The number of pyridine rings is 1. The van der Waals surface area contributed by atoms with Gasteiger partial charge in [-0.3, -0.25) is 9.78 Å². The molecular formula is C21H19ClN2O5. The van der Waals surface area contributed by atoms with Crippen LogP contribution in [0, 0.1) is 0 Å². The van der Waals surface area contributed by atoms with E-state index in [9.17, 15) is 9.90 Å². The van der Waals surface area contributed by atoms with Gasteiger partial charge in [0, 0.05) is 29.0 Å². The largest absolute Gasteiger partial charge is 0.493 e. The second kappa shape index (κ2) is 7.77. The van der Waals surface area contributed by atoms with Crippen molar-refractivity contribution in [3.05, 3.63) is 70.8 Å². The maximum atomic E-state index is 11.5. The number of rotatable bonds is 5. The fourth-order valence-electron chi connectivity index (χ4n) is 3.66. The first-order valence-electron chi connectivity index (χ1n) is 8.94. The minimum absolute atomic E-state index is 0.200. The molecule has 1 aromatic carbocycles. The maximum absolute atomic E-state index is 11.5. The molecule has 0 amide bonds. The van der Waals surface area contributed by atoms with E-state index in [4.69, 9.17) is 25.8 Å². The van der Waals surface area contributed by atoms with Crippen molar-refractivity contribution in [3.8, 4) is 17.2 Å². The van der Waals surface area contributed by atoms with Gasteiger partial charge in [-0.05, 0) is 30.3 Å². The van der Waals surface area contributed by atoms with Crippen LogP contribution in [0.15, 0.2) is 48.8 Å². The number of benzene rings is 1. The SMILES string of the molecule is COc1ccnc([C@H]2O[C@@H](CC(=O)O)c3cccn3-c3ccc(Cl)cc32)c1OC. The van der Waals surface area contributed by atoms with Gasteiger partial charge < -0.3 is 23.9 Å². The molecule has 29 heavy (non-hydrogen) atoms. The Labute approximate surface area is 172 Å². The molecule has 0 saturated carbocycles. The maximum Gasteiger partial charge on any atom is 0.306 e. The molecule has 0 saturated heterocycles. The first-order chi connectivity index (χ1) is 14.0. The molecule has 0 bridgehead atoms. The monoisotopic (exact) mass is 414 g/mol. The Bertz CT molecular complexity index is 1060. The lowest BCUT2D eigenvalue weighted by molar-refractivity contribution is -0.141. The summed E-state index contributed by atoms with van der Waals surface area (Å²) in [6.45, 7) is 0. The van der Waals surface area contributed by atoms with E-state index < -0.39 is 18.2 Å². The Balaban J connectivity index is 1.96. The Morgan fingerprint density at radius 2 is 2.10 bits per heavy atom. The summed E-state index contributed by atoms with van der Waals surface area (Å²) in [5.74, 6) is -0.0362. The van der Waals surface area contributed by atoms with Gasteiger partial charge in [0.15, 0.2) is 11.5 Å². The highest BCUT2D eigenvalue weighted by molar-refractivity contribution is 6.30. The number of halogens is 1. The van der Waals surface area contributed by atoms with Crippen LogP contribution >= 0.6 is 11.6 Å². The number of hydrogen-bond acceptors (Lipinski definition) is 5. The number of nitrogens with zero attached hydrogens (tertiary/aromatic N) is 2. The zero-order chi connectivity index (χ0) is 20.5. The molecule has 1 aliphatic rings. The first kappa shape index (κ1) is 19.3. The van der Waals surface area contributed by atoms with Crippen molar-refractivity contribution in [3.63, 3.8) is 0 Å². The van der Waals surface area contributed by atoms with Crippen LogP contribution in [0.5, 0.6) is 11.5 Å². The second-order valence-corrected chi connectivity index (χ2v) is 6.98. The van der Waals surface area contributed by atoms with Crippen LogP contribution in [0.4, 0.5) is 0 Å². The summed E-state index contributed by atoms with van der Waals surface area (Å²) >= 11 is 6.30. The molecule has 0 fully saturated rings. The standard InChI is InChI=1S/C21H19ClN2O5/c1-27-16-7-8-23-19(21(16)28-2)20-13-10-12(22)5-6-14(13)24-9-3-4-15(24)17(29-20)11-18(25)26/h3-10,17,20H,11H2,1-2H3,(H,25,26)/t17-,20-/m0/s1. The lowest BCUT2D eigenvalue weighted by Gasteiger charge is -2.23. The lowest BCUT2D eigenvalue weighted by Crippen LogP contribution is -2.15. The number of carbonyl (C=O) groups is 1. The molecule has 3 aromatic rings. The smallest absolute Gasteiger partial charge is 0.306 e.